The molecule has 154 valence electrons. The molecule has 1 aliphatic heterocycles. The Morgan fingerprint density at radius 2 is 1.76 bits per heavy atom. The Balaban J connectivity index is 1.40. The van der Waals surface area contributed by atoms with Gasteiger partial charge in [0.2, 0.25) is 5.91 Å². The molecule has 0 N–H and O–H groups in total. The first kappa shape index (κ1) is 21.0. The molecule has 5 nitrogen and oxygen atoms in total. The van der Waals surface area contributed by atoms with Gasteiger partial charge in [-0.15, -0.1) is 0 Å². The second-order valence-corrected chi connectivity index (χ2v) is 7.22. The van der Waals surface area contributed by atoms with E-state index in [1.165, 1.54) is 6.07 Å². The minimum atomic E-state index is -0.165. The van der Waals surface area contributed by atoms with E-state index in [9.17, 15) is 14.0 Å². The lowest BCUT2D eigenvalue weighted by molar-refractivity contribution is -0.132. The molecular formula is C23H27FN2O3. The van der Waals surface area contributed by atoms with Crippen molar-refractivity contribution >= 4 is 11.7 Å². The maximum absolute atomic E-state index is 13.7. The number of rotatable bonds is 8. The smallest absolute Gasteiger partial charge is 0.223 e. The van der Waals surface area contributed by atoms with E-state index in [-0.39, 0.29) is 30.3 Å². The Bertz CT molecular complexity index is 848. The lowest BCUT2D eigenvalue weighted by atomic mass is 10.1. The lowest BCUT2D eigenvalue weighted by Gasteiger charge is -2.34. The van der Waals surface area contributed by atoms with Gasteiger partial charge in [-0.3, -0.25) is 14.5 Å². The Kier molecular flexibility index (Phi) is 7.36. The third-order valence-electron chi connectivity index (χ3n) is 5.34. The minimum absolute atomic E-state index is 0.00926. The van der Waals surface area contributed by atoms with Crippen LogP contribution in [-0.2, 0) is 11.2 Å². The van der Waals surface area contributed by atoms with Crippen LogP contribution in [0, 0.1) is 5.82 Å². The van der Waals surface area contributed by atoms with Crippen molar-refractivity contribution in [3.05, 3.63) is 65.5 Å². The van der Waals surface area contributed by atoms with Crippen LogP contribution in [-0.4, -0.2) is 61.3 Å². The maximum Gasteiger partial charge on any atom is 0.223 e. The van der Waals surface area contributed by atoms with E-state index in [1.807, 2.05) is 17.0 Å². The molecular weight excluding hydrogens is 371 g/mol. The Labute approximate surface area is 171 Å². The van der Waals surface area contributed by atoms with Crippen molar-refractivity contribution in [2.24, 2.45) is 0 Å². The first-order valence-corrected chi connectivity index (χ1v) is 9.97. The molecule has 1 saturated heterocycles. The summed E-state index contributed by atoms with van der Waals surface area (Å²) in [6.45, 7) is 3.60. The number of carbonyl (C=O) groups is 2. The van der Waals surface area contributed by atoms with Crippen LogP contribution in [0.2, 0.25) is 0 Å². The molecule has 2 aromatic rings. The number of amides is 1. The molecule has 1 amide bonds. The lowest BCUT2D eigenvalue weighted by Crippen LogP contribution is -2.49. The van der Waals surface area contributed by atoms with E-state index in [4.69, 9.17) is 4.74 Å². The molecule has 1 heterocycles. The van der Waals surface area contributed by atoms with Crippen molar-refractivity contribution in [3.63, 3.8) is 0 Å². The summed E-state index contributed by atoms with van der Waals surface area (Å²) in [5.74, 6) is 0.423. The van der Waals surface area contributed by atoms with Crippen molar-refractivity contribution in [3.8, 4) is 5.75 Å². The fraction of sp³-hybridized carbons (Fsp3) is 0.391. The summed E-state index contributed by atoms with van der Waals surface area (Å²) in [5, 5.41) is 0. The Morgan fingerprint density at radius 1 is 1.00 bits per heavy atom. The zero-order valence-electron chi connectivity index (χ0n) is 16.8. The third-order valence-corrected chi connectivity index (χ3v) is 5.34. The topological polar surface area (TPSA) is 49.9 Å². The van der Waals surface area contributed by atoms with Crippen molar-refractivity contribution in [1.29, 1.82) is 0 Å². The molecule has 29 heavy (non-hydrogen) atoms. The van der Waals surface area contributed by atoms with E-state index in [1.54, 1.807) is 37.4 Å². The third kappa shape index (κ3) is 5.87. The van der Waals surface area contributed by atoms with Gasteiger partial charge in [0.15, 0.2) is 5.78 Å². The molecule has 0 aromatic heterocycles. The minimum Gasteiger partial charge on any atom is -0.497 e. The standard InChI is InChI=1S/C23H27FN2O3/c1-29-20-7-4-6-19(17-20)22(27)9-10-23(28)26-15-13-25(14-16-26)12-11-18-5-2-3-8-21(18)24/h2-8,17H,9-16H2,1H3. The van der Waals surface area contributed by atoms with Crippen molar-refractivity contribution in [2.45, 2.75) is 19.3 Å². The Hall–Kier alpha value is -2.73. The first-order chi connectivity index (χ1) is 14.1. The van der Waals surface area contributed by atoms with Gasteiger partial charge in [0.25, 0.3) is 0 Å². The van der Waals surface area contributed by atoms with E-state index >= 15 is 0 Å². The quantitative estimate of drug-likeness (QED) is 0.641. The largest absolute Gasteiger partial charge is 0.497 e. The predicted octanol–water partition coefficient (Wildman–Crippen LogP) is 3.18. The summed E-state index contributed by atoms with van der Waals surface area (Å²) in [7, 11) is 1.56. The van der Waals surface area contributed by atoms with Crippen LogP contribution < -0.4 is 4.74 Å². The summed E-state index contributed by atoms with van der Waals surface area (Å²) in [5.41, 5.74) is 1.29. The number of methoxy groups -OCH3 is 1. The number of halogens is 1. The number of ether oxygens (including phenoxy) is 1. The first-order valence-electron chi connectivity index (χ1n) is 9.97. The normalized spacial score (nSPS) is 14.6. The SMILES string of the molecule is COc1cccc(C(=O)CCC(=O)N2CCN(CCc3ccccc3F)CC2)c1. The summed E-state index contributed by atoms with van der Waals surface area (Å²) >= 11 is 0. The van der Waals surface area contributed by atoms with Crippen molar-refractivity contribution in [2.75, 3.05) is 39.8 Å². The van der Waals surface area contributed by atoms with Crippen LogP contribution in [0.5, 0.6) is 5.75 Å². The Morgan fingerprint density at radius 3 is 2.48 bits per heavy atom. The molecule has 1 aliphatic rings. The highest BCUT2D eigenvalue weighted by atomic mass is 19.1. The molecule has 0 atom stereocenters. The highest BCUT2D eigenvalue weighted by Crippen LogP contribution is 2.15. The average Bonchev–Trinajstić information content (AvgIpc) is 2.77. The number of nitrogens with zero attached hydrogens (tertiary/aromatic N) is 2. The zero-order chi connectivity index (χ0) is 20.6. The van der Waals surface area contributed by atoms with Crippen LogP contribution in [0.25, 0.3) is 0 Å². The summed E-state index contributed by atoms with van der Waals surface area (Å²) < 4.78 is 18.9. The van der Waals surface area contributed by atoms with Crippen LogP contribution in [0.1, 0.15) is 28.8 Å². The second-order valence-electron chi connectivity index (χ2n) is 7.22. The molecule has 0 bridgehead atoms. The van der Waals surface area contributed by atoms with Gasteiger partial charge in [0, 0.05) is 51.1 Å². The summed E-state index contributed by atoms with van der Waals surface area (Å²) in [6.07, 6.45) is 1.07. The fourth-order valence-electron chi connectivity index (χ4n) is 3.52. The molecule has 6 heteroatoms. The van der Waals surface area contributed by atoms with Gasteiger partial charge in [0.05, 0.1) is 7.11 Å². The van der Waals surface area contributed by atoms with Gasteiger partial charge >= 0.3 is 0 Å². The van der Waals surface area contributed by atoms with Crippen LogP contribution in [0.4, 0.5) is 4.39 Å². The molecule has 0 radical (unpaired) electrons. The summed E-state index contributed by atoms with van der Waals surface area (Å²) in [4.78, 5) is 28.9. The monoisotopic (exact) mass is 398 g/mol. The fourth-order valence-corrected chi connectivity index (χ4v) is 3.52. The molecule has 2 aromatic carbocycles. The van der Waals surface area contributed by atoms with Gasteiger partial charge in [-0.05, 0) is 30.2 Å². The highest BCUT2D eigenvalue weighted by molar-refractivity contribution is 5.98. The highest BCUT2D eigenvalue weighted by Gasteiger charge is 2.21. The van der Waals surface area contributed by atoms with E-state index in [0.29, 0.717) is 30.8 Å². The number of benzene rings is 2. The zero-order valence-corrected chi connectivity index (χ0v) is 16.8. The molecule has 1 fully saturated rings. The van der Waals surface area contributed by atoms with Gasteiger partial charge in [-0.25, -0.2) is 4.39 Å². The number of Topliss-reactive ketones (excluding diaryl/α,β-unsaturated/α-hetero) is 1. The molecule has 0 spiro atoms. The molecule has 0 unspecified atom stereocenters. The van der Waals surface area contributed by atoms with Crippen molar-refractivity contribution < 1.29 is 18.7 Å². The number of carbonyl (C=O) groups excluding carboxylic acids is 2. The van der Waals surface area contributed by atoms with Gasteiger partial charge < -0.3 is 9.64 Å². The second kappa shape index (κ2) is 10.2. The van der Waals surface area contributed by atoms with Gasteiger partial charge in [-0.2, -0.15) is 0 Å². The van der Waals surface area contributed by atoms with E-state index < -0.39 is 0 Å². The number of hydrogen-bond donors (Lipinski definition) is 0. The van der Waals surface area contributed by atoms with Crippen LogP contribution in [0.3, 0.4) is 0 Å². The van der Waals surface area contributed by atoms with Gasteiger partial charge in [0.1, 0.15) is 11.6 Å². The van der Waals surface area contributed by atoms with Gasteiger partial charge in [-0.1, -0.05) is 30.3 Å². The van der Waals surface area contributed by atoms with Crippen LogP contribution >= 0.6 is 0 Å². The summed E-state index contributed by atoms with van der Waals surface area (Å²) in [6, 6.07) is 13.8. The molecule has 3 rings (SSSR count). The van der Waals surface area contributed by atoms with E-state index in [2.05, 4.69) is 4.90 Å². The predicted molar refractivity (Wildman–Crippen MR) is 110 cm³/mol. The maximum atomic E-state index is 13.7. The van der Waals surface area contributed by atoms with Crippen molar-refractivity contribution in [1.82, 2.24) is 9.80 Å². The van der Waals surface area contributed by atoms with Crippen LogP contribution in [0.15, 0.2) is 48.5 Å². The molecule has 0 aliphatic carbocycles. The number of ketones is 1. The average molecular weight is 398 g/mol. The number of piperazine rings is 1. The number of hydrogen-bond acceptors (Lipinski definition) is 4. The molecule has 0 saturated carbocycles. The van der Waals surface area contributed by atoms with E-state index in [0.717, 1.165) is 25.2 Å².